The van der Waals surface area contributed by atoms with Crippen LogP contribution in [0.25, 0.3) is 5.69 Å². The summed E-state index contributed by atoms with van der Waals surface area (Å²) in [7, 11) is 0. The lowest BCUT2D eigenvalue weighted by Gasteiger charge is -2.18. The maximum atomic E-state index is 12.1. The van der Waals surface area contributed by atoms with Crippen LogP contribution in [0.4, 0.5) is 5.82 Å². The summed E-state index contributed by atoms with van der Waals surface area (Å²) in [6.45, 7) is 2.55. The molecule has 21 heavy (non-hydrogen) atoms. The highest BCUT2D eigenvalue weighted by molar-refractivity contribution is 9.09. The van der Waals surface area contributed by atoms with E-state index in [9.17, 15) is 10.1 Å². The highest BCUT2D eigenvalue weighted by Crippen LogP contribution is 2.30. The summed E-state index contributed by atoms with van der Waals surface area (Å²) in [6, 6.07) is 9.93. The van der Waals surface area contributed by atoms with E-state index < -0.39 is 0 Å². The number of hydrogen-bond donors (Lipinski definition) is 0. The molecule has 0 spiro atoms. The molecule has 0 bridgehead atoms. The van der Waals surface area contributed by atoms with E-state index in [2.05, 4.69) is 27.1 Å². The summed E-state index contributed by atoms with van der Waals surface area (Å²) in [4.78, 5) is 13.9. The number of halogens is 1. The van der Waals surface area contributed by atoms with Gasteiger partial charge in [0, 0.05) is 17.8 Å². The topological polar surface area (TPSA) is 61.9 Å². The molecular formula is C15H13BrN4O. The van der Waals surface area contributed by atoms with E-state index in [1.807, 2.05) is 31.2 Å². The molecule has 1 aliphatic heterocycles. The molecule has 5 nitrogen and oxygen atoms in total. The smallest absolute Gasteiger partial charge is 0.229 e. The van der Waals surface area contributed by atoms with Crippen molar-refractivity contribution in [2.75, 3.05) is 11.4 Å². The summed E-state index contributed by atoms with van der Waals surface area (Å²) < 4.78 is 1.65. The number of rotatable bonds is 2. The number of nitriles is 1. The number of alkyl halides is 1. The molecule has 2 heterocycles. The summed E-state index contributed by atoms with van der Waals surface area (Å²) in [6.07, 6.45) is 1.94. The van der Waals surface area contributed by atoms with Gasteiger partial charge in [0.25, 0.3) is 0 Å². The van der Waals surface area contributed by atoms with Crippen LogP contribution >= 0.6 is 15.9 Å². The first kappa shape index (κ1) is 13.8. The standard InChI is InChI=1S/C15H13BrN4O/c1-10-2-4-13(5-3-10)20-15(11(7-17)8-18-20)19-9-12(16)6-14(19)21/h2-5,8,12H,6,9H2,1H3. The van der Waals surface area contributed by atoms with Crippen molar-refractivity contribution < 1.29 is 4.79 Å². The summed E-state index contributed by atoms with van der Waals surface area (Å²) in [5, 5.41) is 13.6. The number of anilines is 1. The van der Waals surface area contributed by atoms with Crippen molar-refractivity contribution in [1.82, 2.24) is 9.78 Å². The van der Waals surface area contributed by atoms with Gasteiger partial charge >= 0.3 is 0 Å². The van der Waals surface area contributed by atoms with Gasteiger partial charge in [-0.15, -0.1) is 0 Å². The minimum Gasteiger partial charge on any atom is -0.294 e. The van der Waals surface area contributed by atoms with Crippen LogP contribution in [0.5, 0.6) is 0 Å². The zero-order valence-corrected chi connectivity index (χ0v) is 13.0. The number of aromatic nitrogens is 2. The number of amides is 1. The average Bonchev–Trinajstić information content (AvgIpc) is 3.02. The van der Waals surface area contributed by atoms with E-state index in [-0.39, 0.29) is 10.7 Å². The summed E-state index contributed by atoms with van der Waals surface area (Å²) >= 11 is 3.47. The lowest BCUT2D eigenvalue weighted by atomic mass is 10.2. The lowest BCUT2D eigenvalue weighted by Crippen LogP contribution is -2.27. The Kier molecular flexibility index (Phi) is 3.52. The molecule has 0 radical (unpaired) electrons. The second-order valence-electron chi connectivity index (χ2n) is 5.05. The highest BCUT2D eigenvalue weighted by atomic mass is 79.9. The Morgan fingerprint density at radius 3 is 2.67 bits per heavy atom. The molecule has 1 aliphatic rings. The Hall–Kier alpha value is -2.13. The van der Waals surface area contributed by atoms with Crippen LogP contribution in [0.2, 0.25) is 0 Å². The SMILES string of the molecule is Cc1ccc(-n2ncc(C#N)c2N2CC(Br)CC2=O)cc1. The number of aryl methyl sites for hydroxylation is 1. The molecule has 1 aromatic carbocycles. The number of carbonyl (C=O) groups excluding carboxylic acids is 1. The normalized spacial score (nSPS) is 18.0. The maximum Gasteiger partial charge on any atom is 0.229 e. The molecule has 0 N–H and O–H groups in total. The van der Waals surface area contributed by atoms with Gasteiger partial charge < -0.3 is 0 Å². The molecule has 0 saturated carbocycles. The van der Waals surface area contributed by atoms with Gasteiger partial charge in [-0.2, -0.15) is 10.4 Å². The van der Waals surface area contributed by atoms with Crippen LogP contribution in [0.15, 0.2) is 30.5 Å². The van der Waals surface area contributed by atoms with Crippen LogP contribution < -0.4 is 4.90 Å². The Balaban J connectivity index is 2.11. The molecule has 6 heteroatoms. The van der Waals surface area contributed by atoms with Crippen molar-refractivity contribution in [3.05, 3.63) is 41.6 Å². The van der Waals surface area contributed by atoms with Gasteiger partial charge in [0.2, 0.25) is 5.91 Å². The van der Waals surface area contributed by atoms with E-state index in [1.54, 1.807) is 9.58 Å². The van der Waals surface area contributed by atoms with E-state index in [1.165, 1.54) is 6.20 Å². The zero-order valence-electron chi connectivity index (χ0n) is 11.5. The number of hydrogen-bond acceptors (Lipinski definition) is 3. The number of benzene rings is 1. The van der Waals surface area contributed by atoms with E-state index >= 15 is 0 Å². The van der Waals surface area contributed by atoms with Crippen LogP contribution in [0.1, 0.15) is 17.5 Å². The molecule has 1 amide bonds. The predicted molar refractivity (Wildman–Crippen MR) is 82.7 cm³/mol. The molecule has 0 aliphatic carbocycles. The average molecular weight is 345 g/mol. The molecule has 1 unspecified atom stereocenters. The molecule has 1 fully saturated rings. The number of carbonyl (C=O) groups is 1. The highest BCUT2D eigenvalue weighted by Gasteiger charge is 2.33. The third-order valence-electron chi connectivity index (χ3n) is 3.48. The zero-order chi connectivity index (χ0) is 15.0. The Morgan fingerprint density at radius 1 is 1.38 bits per heavy atom. The second kappa shape index (κ2) is 5.34. The lowest BCUT2D eigenvalue weighted by molar-refractivity contribution is -0.117. The first-order valence-corrected chi connectivity index (χ1v) is 7.51. The second-order valence-corrected chi connectivity index (χ2v) is 6.34. The molecular weight excluding hydrogens is 332 g/mol. The Bertz CT molecular complexity index is 729. The quantitative estimate of drug-likeness (QED) is 0.786. The van der Waals surface area contributed by atoms with Gasteiger partial charge in [0.05, 0.1) is 11.9 Å². The fourth-order valence-corrected chi connectivity index (χ4v) is 2.99. The van der Waals surface area contributed by atoms with E-state index in [4.69, 9.17) is 0 Å². The number of nitrogens with zero attached hydrogens (tertiary/aromatic N) is 4. The summed E-state index contributed by atoms with van der Waals surface area (Å²) in [5.41, 5.74) is 2.39. The first-order valence-electron chi connectivity index (χ1n) is 6.59. The Labute approximate surface area is 130 Å². The molecule has 3 rings (SSSR count). The largest absolute Gasteiger partial charge is 0.294 e. The van der Waals surface area contributed by atoms with Gasteiger partial charge in [-0.25, -0.2) is 4.68 Å². The van der Waals surface area contributed by atoms with Gasteiger partial charge in [0.1, 0.15) is 11.6 Å². The van der Waals surface area contributed by atoms with E-state index in [0.717, 1.165) is 11.3 Å². The van der Waals surface area contributed by atoms with Gasteiger partial charge in [-0.1, -0.05) is 33.6 Å². The first-order chi connectivity index (χ1) is 10.1. The maximum absolute atomic E-state index is 12.1. The Morgan fingerprint density at radius 2 is 2.10 bits per heavy atom. The molecule has 1 saturated heterocycles. The molecule has 106 valence electrons. The fraction of sp³-hybridized carbons (Fsp3) is 0.267. The van der Waals surface area contributed by atoms with Crippen LogP contribution in [0, 0.1) is 18.3 Å². The molecule has 1 aromatic heterocycles. The van der Waals surface area contributed by atoms with Crippen LogP contribution in [-0.2, 0) is 4.79 Å². The summed E-state index contributed by atoms with van der Waals surface area (Å²) in [5.74, 6) is 0.551. The van der Waals surface area contributed by atoms with Crippen molar-refractivity contribution in [3.63, 3.8) is 0 Å². The van der Waals surface area contributed by atoms with Gasteiger partial charge in [0.15, 0.2) is 5.82 Å². The third-order valence-corrected chi connectivity index (χ3v) is 4.09. The predicted octanol–water partition coefficient (Wildman–Crippen LogP) is 2.55. The van der Waals surface area contributed by atoms with Gasteiger partial charge in [-0.3, -0.25) is 9.69 Å². The fourth-order valence-electron chi connectivity index (χ4n) is 2.42. The van der Waals surface area contributed by atoms with Crippen molar-refractivity contribution in [1.29, 1.82) is 5.26 Å². The van der Waals surface area contributed by atoms with Crippen LogP contribution in [-0.4, -0.2) is 27.1 Å². The van der Waals surface area contributed by atoms with E-state index in [0.29, 0.717) is 24.3 Å². The van der Waals surface area contributed by atoms with Crippen molar-refractivity contribution in [2.45, 2.75) is 18.2 Å². The van der Waals surface area contributed by atoms with Crippen molar-refractivity contribution in [2.24, 2.45) is 0 Å². The van der Waals surface area contributed by atoms with Crippen LogP contribution in [0.3, 0.4) is 0 Å². The van der Waals surface area contributed by atoms with Crippen molar-refractivity contribution >= 4 is 27.7 Å². The van der Waals surface area contributed by atoms with Gasteiger partial charge in [-0.05, 0) is 19.1 Å². The molecule has 1 atom stereocenters. The third kappa shape index (κ3) is 2.45. The molecule has 2 aromatic rings. The minimum absolute atomic E-state index is 0.00207. The minimum atomic E-state index is 0.00207. The van der Waals surface area contributed by atoms with Crippen molar-refractivity contribution in [3.8, 4) is 11.8 Å². The monoisotopic (exact) mass is 344 g/mol.